The number of nitrogens with zero attached hydrogens (tertiary/aromatic N) is 2. The van der Waals surface area contributed by atoms with Crippen LogP contribution in [0, 0.1) is 0 Å². The van der Waals surface area contributed by atoms with E-state index < -0.39 is 0 Å². The normalized spacial score (nSPS) is 16.9. The van der Waals surface area contributed by atoms with Crippen LogP contribution in [0.15, 0.2) is 18.3 Å². The van der Waals surface area contributed by atoms with E-state index in [1.165, 1.54) is 31.2 Å². The Hall–Kier alpha value is -0.620. The summed E-state index contributed by atoms with van der Waals surface area (Å²) in [6.07, 6.45) is 4.47. The van der Waals surface area contributed by atoms with Gasteiger partial charge in [0.05, 0.1) is 0 Å². The molecule has 0 spiro atoms. The predicted octanol–water partition coefficient (Wildman–Crippen LogP) is 1.18. The molecule has 1 unspecified atom stereocenters. The summed E-state index contributed by atoms with van der Waals surface area (Å²) in [5.74, 6) is 1.14. The molecule has 2 rings (SSSR count). The van der Waals surface area contributed by atoms with Gasteiger partial charge in [0.2, 0.25) is 0 Å². The van der Waals surface area contributed by atoms with E-state index in [2.05, 4.69) is 25.2 Å². The molecule has 1 aromatic rings. The summed E-state index contributed by atoms with van der Waals surface area (Å²) in [5.41, 5.74) is 0. The average Bonchev–Trinajstić information content (AvgIpc) is 2.57. The molecule has 0 saturated carbocycles. The van der Waals surface area contributed by atoms with Gasteiger partial charge < -0.3 is 4.90 Å². The SMILES string of the molecule is Pc1cccnc1N1CCCC1. The van der Waals surface area contributed by atoms with E-state index in [0.29, 0.717) is 0 Å². The van der Waals surface area contributed by atoms with Crippen molar-refractivity contribution in [2.24, 2.45) is 0 Å². The zero-order valence-corrected chi connectivity index (χ0v) is 8.19. The topological polar surface area (TPSA) is 16.1 Å². The first kappa shape index (κ1) is 8.00. The Morgan fingerprint density at radius 2 is 2.08 bits per heavy atom. The summed E-state index contributed by atoms with van der Waals surface area (Å²) in [4.78, 5) is 6.71. The zero-order chi connectivity index (χ0) is 8.39. The molecule has 64 valence electrons. The van der Waals surface area contributed by atoms with Crippen molar-refractivity contribution < 1.29 is 0 Å². The lowest BCUT2D eigenvalue weighted by molar-refractivity contribution is 0.944. The van der Waals surface area contributed by atoms with E-state index in [9.17, 15) is 0 Å². The van der Waals surface area contributed by atoms with Crippen molar-refractivity contribution in [1.29, 1.82) is 0 Å². The largest absolute Gasteiger partial charge is 0.356 e. The van der Waals surface area contributed by atoms with Crippen LogP contribution in [0.4, 0.5) is 5.82 Å². The maximum absolute atomic E-state index is 4.37. The van der Waals surface area contributed by atoms with Gasteiger partial charge in [-0.2, -0.15) is 0 Å². The highest BCUT2D eigenvalue weighted by Crippen LogP contribution is 2.16. The minimum absolute atomic E-state index is 1.14. The minimum atomic E-state index is 1.14. The molecule has 1 fully saturated rings. The van der Waals surface area contributed by atoms with E-state index in [4.69, 9.17) is 0 Å². The van der Waals surface area contributed by atoms with Crippen molar-refractivity contribution >= 4 is 20.4 Å². The Morgan fingerprint density at radius 1 is 1.33 bits per heavy atom. The summed E-state index contributed by atoms with van der Waals surface area (Å²) in [6.45, 7) is 2.33. The van der Waals surface area contributed by atoms with Crippen molar-refractivity contribution in [3.63, 3.8) is 0 Å². The van der Waals surface area contributed by atoms with Crippen LogP contribution >= 0.6 is 9.24 Å². The predicted molar refractivity (Wildman–Crippen MR) is 55.0 cm³/mol. The highest BCUT2D eigenvalue weighted by molar-refractivity contribution is 7.28. The number of hydrogen-bond acceptors (Lipinski definition) is 2. The Morgan fingerprint density at radius 3 is 2.75 bits per heavy atom. The second kappa shape index (κ2) is 3.40. The molecule has 3 heteroatoms. The quantitative estimate of drug-likeness (QED) is 0.603. The smallest absolute Gasteiger partial charge is 0.135 e. The molecule has 0 N–H and O–H groups in total. The highest BCUT2D eigenvalue weighted by atomic mass is 31.0. The molecule has 2 nitrogen and oxygen atoms in total. The minimum Gasteiger partial charge on any atom is -0.356 e. The van der Waals surface area contributed by atoms with Crippen molar-refractivity contribution in [2.45, 2.75) is 12.8 Å². The second-order valence-electron chi connectivity index (χ2n) is 3.11. The van der Waals surface area contributed by atoms with Crippen LogP contribution in [0.1, 0.15) is 12.8 Å². The molecule has 1 saturated heterocycles. The molecule has 1 aliphatic rings. The van der Waals surface area contributed by atoms with Crippen LogP contribution in [0.3, 0.4) is 0 Å². The van der Waals surface area contributed by atoms with Gasteiger partial charge in [0.1, 0.15) is 5.82 Å². The number of anilines is 1. The molecule has 0 bridgehead atoms. The first-order valence-corrected chi connectivity index (χ1v) is 4.91. The van der Waals surface area contributed by atoms with Gasteiger partial charge in [0.25, 0.3) is 0 Å². The molecule has 0 aromatic carbocycles. The molecule has 0 radical (unpaired) electrons. The Labute approximate surface area is 75.2 Å². The summed E-state index contributed by atoms with van der Waals surface area (Å²) in [5, 5.41) is 1.21. The van der Waals surface area contributed by atoms with Crippen molar-refractivity contribution in [3.8, 4) is 0 Å². The third-order valence-electron chi connectivity index (χ3n) is 2.22. The number of rotatable bonds is 1. The van der Waals surface area contributed by atoms with Crippen molar-refractivity contribution in [2.75, 3.05) is 18.0 Å². The summed E-state index contributed by atoms with van der Waals surface area (Å²) in [7, 11) is 2.74. The molecular weight excluding hydrogens is 167 g/mol. The third-order valence-corrected chi connectivity index (χ3v) is 2.67. The Balaban J connectivity index is 2.26. The molecule has 1 atom stereocenters. The van der Waals surface area contributed by atoms with Crippen LogP contribution in [0.25, 0.3) is 0 Å². The van der Waals surface area contributed by atoms with Gasteiger partial charge in [0, 0.05) is 24.6 Å². The molecule has 2 heterocycles. The monoisotopic (exact) mass is 180 g/mol. The van der Waals surface area contributed by atoms with E-state index >= 15 is 0 Å². The summed E-state index contributed by atoms with van der Waals surface area (Å²) < 4.78 is 0. The molecular formula is C9H13N2P. The summed E-state index contributed by atoms with van der Waals surface area (Å²) >= 11 is 0. The van der Waals surface area contributed by atoms with Crippen molar-refractivity contribution in [3.05, 3.63) is 18.3 Å². The van der Waals surface area contributed by atoms with Crippen LogP contribution in [0.5, 0.6) is 0 Å². The molecule has 0 amide bonds. The molecule has 1 aromatic heterocycles. The first-order valence-electron chi connectivity index (χ1n) is 4.33. The maximum atomic E-state index is 4.37. The van der Waals surface area contributed by atoms with Gasteiger partial charge in [-0.1, -0.05) is 0 Å². The fourth-order valence-electron chi connectivity index (χ4n) is 1.60. The van der Waals surface area contributed by atoms with Gasteiger partial charge in [-0.05, 0) is 25.0 Å². The standard InChI is InChI=1S/C9H13N2P/c12-8-4-3-5-10-9(8)11-6-1-2-7-11/h3-5H,1-2,6-7,12H2. The second-order valence-corrected chi connectivity index (χ2v) is 3.73. The van der Waals surface area contributed by atoms with E-state index in [0.717, 1.165) is 5.82 Å². The van der Waals surface area contributed by atoms with E-state index in [1.807, 2.05) is 12.3 Å². The zero-order valence-electron chi connectivity index (χ0n) is 7.03. The van der Waals surface area contributed by atoms with E-state index in [-0.39, 0.29) is 0 Å². The van der Waals surface area contributed by atoms with Gasteiger partial charge in [-0.3, -0.25) is 0 Å². The lowest BCUT2D eigenvalue weighted by Gasteiger charge is -2.17. The first-order chi connectivity index (χ1) is 5.88. The van der Waals surface area contributed by atoms with Crippen molar-refractivity contribution in [1.82, 2.24) is 4.98 Å². The fourth-order valence-corrected chi connectivity index (χ4v) is 1.97. The average molecular weight is 180 g/mol. The van der Waals surface area contributed by atoms with Crippen LogP contribution in [-0.4, -0.2) is 18.1 Å². The highest BCUT2D eigenvalue weighted by Gasteiger charge is 2.14. The number of pyridine rings is 1. The number of aromatic nitrogens is 1. The maximum Gasteiger partial charge on any atom is 0.135 e. The lowest BCUT2D eigenvalue weighted by atomic mass is 10.4. The lowest BCUT2D eigenvalue weighted by Crippen LogP contribution is -2.23. The van der Waals surface area contributed by atoms with Gasteiger partial charge in [-0.25, -0.2) is 4.98 Å². The summed E-state index contributed by atoms with van der Waals surface area (Å²) in [6, 6.07) is 4.06. The molecule has 1 aliphatic heterocycles. The van der Waals surface area contributed by atoms with Gasteiger partial charge in [-0.15, -0.1) is 9.24 Å². The fraction of sp³-hybridized carbons (Fsp3) is 0.444. The third kappa shape index (κ3) is 1.44. The van der Waals surface area contributed by atoms with Crippen LogP contribution in [-0.2, 0) is 0 Å². The number of hydrogen-bond donors (Lipinski definition) is 0. The molecule has 12 heavy (non-hydrogen) atoms. The van der Waals surface area contributed by atoms with Crippen LogP contribution < -0.4 is 10.2 Å². The van der Waals surface area contributed by atoms with Crippen LogP contribution in [0.2, 0.25) is 0 Å². The van der Waals surface area contributed by atoms with E-state index in [1.54, 1.807) is 0 Å². The molecule has 0 aliphatic carbocycles. The van der Waals surface area contributed by atoms with Gasteiger partial charge >= 0.3 is 0 Å². The van der Waals surface area contributed by atoms with Gasteiger partial charge in [0.15, 0.2) is 0 Å². The Bertz CT molecular complexity index is 269. The Kier molecular flexibility index (Phi) is 2.27.